The van der Waals surface area contributed by atoms with E-state index in [1.165, 1.54) is 11.3 Å². The van der Waals surface area contributed by atoms with Crippen LogP contribution in [-0.4, -0.2) is 28.2 Å². The molecule has 1 heterocycles. The second-order valence-electron chi connectivity index (χ2n) is 4.17. The lowest BCUT2D eigenvalue weighted by Gasteiger charge is -2.05. The van der Waals surface area contributed by atoms with Crippen LogP contribution in [0.1, 0.15) is 31.1 Å². The Labute approximate surface area is 119 Å². The van der Waals surface area contributed by atoms with E-state index in [0.717, 1.165) is 24.3 Å². The molecule has 0 atom stereocenters. The average molecular weight is 306 g/mol. The van der Waals surface area contributed by atoms with Crippen LogP contribution in [0.15, 0.2) is 16.3 Å². The van der Waals surface area contributed by atoms with Crippen molar-refractivity contribution in [2.75, 3.05) is 19.8 Å². The van der Waals surface area contributed by atoms with E-state index >= 15 is 0 Å². The fraction of sp³-hybridized carbons (Fsp3) is 0.667. The molecule has 0 saturated heterocycles. The van der Waals surface area contributed by atoms with Crippen LogP contribution in [0.3, 0.4) is 0 Å². The van der Waals surface area contributed by atoms with E-state index in [4.69, 9.17) is 10.5 Å². The molecule has 0 bridgehead atoms. The van der Waals surface area contributed by atoms with E-state index in [2.05, 4.69) is 11.6 Å². The molecule has 5 nitrogen and oxygen atoms in total. The summed E-state index contributed by atoms with van der Waals surface area (Å²) in [6.07, 6.45) is 2.83. The molecule has 0 radical (unpaired) electrons. The third-order valence-electron chi connectivity index (χ3n) is 2.54. The first kappa shape index (κ1) is 16.6. The number of ether oxygens (including phenoxy) is 1. The Bertz CT molecular complexity index is 457. The quantitative estimate of drug-likeness (QED) is 0.645. The van der Waals surface area contributed by atoms with Crippen LogP contribution in [0, 0.1) is 0 Å². The maximum atomic E-state index is 11.9. The fourth-order valence-electron chi connectivity index (χ4n) is 1.42. The van der Waals surface area contributed by atoms with Crippen LogP contribution < -0.4 is 10.5 Å². The molecule has 0 aromatic carbocycles. The Morgan fingerprint density at radius 3 is 2.74 bits per heavy atom. The maximum absolute atomic E-state index is 11.9. The fourth-order valence-corrected chi connectivity index (χ4v) is 3.65. The van der Waals surface area contributed by atoms with Crippen molar-refractivity contribution in [3.05, 3.63) is 16.3 Å². The second-order valence-corrected chi connectivity index (χ2v) is 6.93. The predicted octanol–water partition coefficient (Wildman–Crippen LogP) is 1.69. The summed E-state index contributed by atoms with van der Waals surface area (Å²) in [5.41, 5.74) is 5.46. The molecule has 1 rings (SSSR count). The normalized spacial score (nSPS) is 11.9. The molecule has 0 amide bonds. The Balaban J connectivity index is 2.27. The number of hydrogen-bond acceptors (Lipinski definition) is 5. The zero-order chi connectivity index (χ0) is 14.1. The van der Waals surface area contributed by atoms with Crippen molar-refractivity contribution >= 4 is 21.4 Å². The predicted molar refractivity (Wildman–Crippen MR) is 77.7 cm³/mol. The summed E-state index contributed by atoms with van der Waals surface area (Å²) in [6, 6.07) is 1.62. The number of nitrogens with two attached hydrogens (primary N) is 1. The molecule has 0 spiro atoms. The van der Waals surface area contributed by atoms with Crippen molar-refractivity contribution in [3.8, 4) is 0 Å². The number of thiophene rings is 1. The van der Waals surface area contributed by atoms with Gasteiger partial charge in [-0.3, -0.25) is 0 Å². The highest BCUT2D eigenvalue weighted by molar-refractivity contribution is 7.89. The van der Waals surface area contributed by atoms with E-state index < -0.39 is 10.0 Å². The first-order chi connectivity index (χ1) is 9.10. The number of hydrogen-bond donors (Lipinski definition) is 2. The molecule has 1 aromatic heterocycles. The summed E-state index contributed by atoms with van der Waals surface area (Å²) in [7, 11) is -3.40. The molecule has 0 saturated carbocycles. The van der Waals surface area contributed by atoms with Gasteiger partial charge >= 0.3 is 0 Å². The van der Waals surface area contributed by atoms with Crippen molar-refractivity contribution in [1.29, 1.82) is 0 Å². The van der Waals surface area contributed by atoms with Gasteiger partial charge in [0.05, 0.1) is 4.90 Å². The minimum Gasteiger partial charge on any atom is -0.381 e. The van der Waals surface area contributed by atoms with Gasteiger partial charge in [-0.2, -0.15) is 0 Å². The minimum absolute atomic E-state index is 0.296. The molecule has 1 aromatic rings. The monoisotopic (exact) mass is 306 g/mol. The molecule has 0 aliphatic heterocycles. The van der Waals surface area contributed by atoms with Gasteiger partial charge in [0.25, 0.3) is 0 Å². The summed E-state index contributed by atoms with van der Waals surface area (Å²) in [5, 5.41) is 1.61. The van der Waals surface area contributed by atoms with Crippen LogP contribution in [-0.2, 0) is 21.3 Å². The van der Waals surface area contributed by atoms with Crippen molar-refractivity contribution in [1.82, 2.24) is 4.72 Å². The van der Waals surface area contributed by atoms with Crippen molar-refractivity contribution in [2.45, 2.75) is 37.6 Å². The third-order valence-corrected chi connectivity index (χ3v) is 5.09. The molecular weight excluding hydrogens is 284 g/mol. The van der Waals surface area contributed by atoms with E-state index in [0.29, 0.717) is 31.0 Å². The van der Waals surface area contributed by atoms with E-state index in [1.807, 2.05) is 0 Å². The lowest BCUT2D eigenvalue weighted by Crippen LogP contribution is -2.25. The first-order valence-electron chi connectivity index (χ1n) is 6.45. The number of nitrogens with one attached hydrogen (secondary N) is 1. The summed E-state index contributed by atoms with van der Waals surface area (Å²) in [5.74, 6) is 0. The average Bonchev–Trinajstić information content (AvgIpc) is 2.87. The maximum Gasteiger partial charge on any atom is 0.241 e. The van der Waals surface area contributed by atoms with Gasteiger partial charge in [0.15, 0.2) is 0 Å². The Hall–Kier alpha value is -0.470. The summed E-state index contributed by atoms with van der Waals surface area (Å²) in [6.45, 7) is 4.19. The Morgan fingerprint density at radius 2 is 2.11 bits per heavy atom. The van der Waals surface area contributed by atoms with Gasteiger partial charge in [-0.1, -0.05) is 13.3 Å². The van der Waals surface area contributed by atoms with Gasteiger partial charge in [0, 0.05) is 36.6 Å². The lowest BCUT2D eigenvalue weighted by molar-refractivity contribution is 0.130. The van der Waals surface area contributed by atoms with Crippen LogP contribution in [0.25, 0.3) is 0 Å². The highest BCUT2D eigenvalue weighted by atomic mass is 32.2. The van der Waals surface area contributed by atoms with Crippen LogP contribution in [0.2, 0.25) is 0 Å². The highest BCUT2D eigenvalue weighted by Gasteiger charge is 2.14. The van der Waals surface area contributed by atoms with Gasteiger partial charge in [0.1, 0.15) is 0 Å². The summed E-state index contributed by atoms with van der Waals surface area (Å²) in [4.78, 5) is 1.16. The Kier molecular flexibility index (Phi) is 7.55. The number of rotatable bonds is 10. The van der Waals surface area contributed by atoms with Crippen molar-refractivity contribution in [3.63, 3.8) is 0 Å². The first-order valence-corrected chi connectivity index (χ1v) is 8.81. The smallest absolute Gasteiger partial charge is 0.241 e. The zero-order valence-electron chi connectivity index (χ0n) is 11.2. The second kappa shape index (κ2) is 8.65. The van der Waals surface area contributed by atoms with Gasteiger partial charge in [-0.25, -0.2) is 13.1 Å². The molecule has 110 valence electrons. The molecule has 0 aliphatic carbocycles. The van der Waals surface area contributed by atoms with Crippen molar-refractivity contribution < 1.29 is 13.2 Å². The SMILES string of the molecule is CCCCOCCCNS(=O)(=O)c1csc(CN)c1. The van der Waals surface area contributed by atoms with Crippen molar-refractivity contribution in [2.24, 2.45) is 5.73 Å². The van der Waals surface area contributed by atoms with Crippen LogP contribution >= 0.6 is 11.3 Å². The number of unbranched alkanes of at least 4 members (excludes halogenated alkanes) is 1. The van der Waals surface area contributed by atoms with Gasteiger partial charge in [0.2, 0.25) is 10.0 Å². The van der Waals surface area contributed by atoms with E-state index in [-0.39, 0.29) is 0 Å². The van der Waals surface area contributed by atoms with Gasteiger partial charge in [-0.05, 0) is 18.9 Å². The molecule has 7 heteroatoms. The molecule has 0 aliphatic rings. The topological polar surface area (TPSA) is 81.4 Å². The largest absolute Gasteiger partial charge is 0.381 e. The minimum atomic E-state index is -3.40. The zero-order valence-corrected chi connectivity index (χ0v) is 12.9. The summed E-state index contributed by atoms with van der Waals surface area (Å²) < 4.78 is 31.7. The van der Waals surface area contributed by atoms with Gasteiger partial charge < -0.3 is 10.5 Å². The number of sulfonamides is 1. The molecule has 0 fully saturated rings. The van der Waals surface area contributed by atoms with Crippen LogP contribution in [0.4, 0.5) is 0 Å². The van der Waals surface area contributed by atoms with Gasteiger partial charge in [-0.15, -0.1) is 11.3 Å². The highest BCUT2D eigenvalue weighted by Crippen LogP contribution is 2.18. The molecule has 3 N–H and O–H groups in total. The van der Waals surface area contributed by atoms with E-state index in [9.17, 15) is 8.42 Å². The Morgan fingerprint density at radius 1 is 1.37 bits per heavy atom. The molecule has 0 unspecified atom stereocenters. The van der Waals surface area contributed by atoms with Crippen LogP contribution in [0.5, 0.6) is 0 Å². The molecule has 19 heavy (non-hydrogen) atoms. The third kappa shape index (κ3) is 6.01. The molecular formula is C12H22N2O3S2. The van der Waals surface area contributed by atoms with E-state index in [1.54, 1.807) is 11.4 Å². The summed E-state index contributed by atoms with van der Waals surface area (Å²) >= 11 is 1.36. The lowest BCUT2D eigenvalue weighted by atomic mass is 10.4. The standard InChI is InChI=1S/C12H22N2O3S2/c1-2-3-6-17-7-4-5-14-19(15,16)12-8-11(9-13)18-10-12/h8,10,14H,2-7,9,13H2,1H3.